The number of halogens is 1. The maximum Gasteiger partial charge on any atom is 0.191 e. The van der Waals surface area contributed by atoms with Crippen molar-refractivity contribution in [2.75, 3.05) is 52.9 Å². The normalized spacial score (nSPS) is 17.5. The highest BCUT2D eigenvalue weighted by Crippen LogP contribution is 2.05. The van der Waals surface area contributed by atoms with Crippen LogP contribution in [0.1, 0.15) is 25.0 Å². The third-order valence-corrected chi connectivity index (χ3v) is 4.90. The standard InChI is InChI=1S/C20H35N5.HI/c1-5-24-10-12-25(13-11-24)16-18(3)14-22-20(21-4)23-15-19-8-6-17(2)7-9-19;/h6-9,18H,5,10-16H2,1-4H3,(H2,21,22,23);1H. The van der Waals surface area contributed by atoms with E-state index in [1.165, 1.54) is 43.9 Å². The van der Waals surface area contributed by atoms with Gasteiger partial charge in [-0.25, -0.2) is 0 Å². The van der Waals surface area contributed by atoms with E-state index in [4.69, 9.17) is 0 Å². The maximum atomic E-state index is 4.33. The van der Waals surface area contributed by atoms with Gasteiger partial charge in [-0.2, -0.15) is 0 Å². The Bertz CT molecular complexity index is 524. The number of rotatable bonds is 7. The second kappa shape index (κ2) is 12.5. The first-order chi connectivity index (χ1) is 12.1. The quantitative estimate of drug-likeness (QED) is 0.363. The molecule has 1 aliphatic rings. The molecule has 1 saturated heterocycles. The third-order valence-electron chi connectivity index (χ3n) is 4.90. The fraction of sp³-hybridized carbons (Fsp3) is 0.650. The Labute approximate surface area is 176 Å². The van der Waals surface area contributed by atoms with Gasteiger partial charge in [-0.05, 0) is 24.9 Å². The Hall–Kier alpha value is -0.860. The molecule has 0 spiro atoms. The number of benzene rings is 1. The highest BCUT2D eigenvalue weighted by molar-refractivity contribution is 14.0. The van der Waals surface area contributed by atoms with E-state index in [2.05, 4.69) is 70.5 Å². The summed E-state index contributed by atoms with van der Waals surface area (Å²) in [7, 11) is 1.83. The number of hydrogen-bond donors (Lipinski definition) is 2. The van der Waals surface area contributed by atoms with Gasteiger partial charge in [0, 0.05) is 52.9 Å². The number of nitrogens with zero attached hydrogens (tertiary/aromatic N) is 3. The van der Waals surface area contributed by atoms with E-state index in [-0.39, 0.29) is 24.0 Å². The number of nitrogens with one attached hydrogen (secondary N) is 2. The van der Waals surface area contributed by atoms with Gasteiger partial charge < -0.3 is 20.4 Å². The van der Waals surface area contributed by atoms with E-state index < -0.39 is 0 Å². The topological polar surface area (TPSA) is 42.9 Å². The van der Waals surface area contributed by atoms with E-state index in [0.717, 1.165) is 25.6 Å². The van der Waals surface area contributed by atoms with Crippen LogP contribution in [0.15, 0.2) is 29.3 Å². The zero-order valence-corrected chi connectivity index (χ0v) is 19.1. The molecule has 1 aliphatic heterocycles. The molecule has 6 heteroatoms. The van der Waals surface area contributed by atoms with Gasteiger partial charge in [-0.15, -0.1) is 24.0 Å². The number of hydrogen-bond acceptors (Lipinski definition) is 3. The molecule has 1 aromatic rings. The number of aliphatic imine (C=N–C) groups is 1. The molecule has 0 radical (unpaired) electrons. The molecular weight excluding hydrogens is 437 g/mol. The van der Waals surface area contributed by atoms with Crippen molar-refractivity contribution in [2.24, 2.45) is 10.9 Å². The number of piperazine rings is 1. The highest BCUT2D eigenvalue weighted by Gasteiger charge is 2.17. The predicted octanol–water partition coefficient (Wildman–Crippen LogP) is 2.55. The summed E-state index contributed by atoms with van der Waals surface area (Å²) in [6, 6.07) is 8.61. The molecule has 2 N–H and O–H groups in total. The summed E-state index contributed by atoms with van der Waals surface area (Å²) in [5.41, 5.74) is 2.57. The van der Waals surface area contributed by atoms with Crippen LogP contribution in [0.25, 0.3) is 0 Å². The average molecular weight is 473 g/mol. The van der Waals surface area contributed by atoms with E-state index in [1.807, 2.05) is 7.05 Å². The van der Waals surface area contributed by atoms with Gasteiger partial charge in [0.05, 0.1) is 0 Å². The van der Waals surface area contributed by atoms with Crippen molar-refractivity contribution in [3.8, 4) is 0 Å². The van der Waals surface area contributed by atoms with Gasteiger partial charge in [-0.1, -0.05) is 43.7 Å². The zero-order chi connectivity index (χ0) is 18.1. The summed E-state index contributed by atoms with van der Waals surface area (Å²) < 4.78 is 0. The van der Waals surface area contributed by atoms with Crippen molar-refractivity contribution in [1.29, 1.82) is 0 Å². The molecule has 0 bridgehead atoms. The summed E-state index contributed by atoms with van der Waals surface area (Å²) in [4.78, 5) is 9.44. The van der Waals surface area contributed by atoms with Gasteiger partial charge in [0.15, 0.2) is 5.96 Å². The van der Waals surface area contributed by atoms with Crippen LogP contribution in [0.5, 0.6) is 0 Å². The molecule has 1 fully saturated rings. The van der Waals surface area contributed by atoms with E-state index in [9.17, 15) is 0 Å². The first-order valence-corrected chi connectivity index (χ1v) is 9.55. The largest absolute Gasteiger partial charge is 0.356 e. The minimum Gasteiger partial charge on any atom is -0.356 e. The Morgan fingerprint density at radius 2 is 1.69 bits per heavy atom. The minimum absolute atomic E-state index is 0. The predicted molar refractivity (Wildman–Crippen MR) is 123 cm³/mol. The monoisotopic (exact) mass is 473 g/mol. The summed E-state index contributed by atoms with van der Waals surface area (Å²) in [5, 5.41) is 6.86. The molecule has 0 amide bonds. The van der Waals surface area contributed by atoms with Gasteiger partial charge >= 0.3 is 0 Å². The first kappa shape index (κ1) is 23.2. The van der Waals surface area contributed by atoms with Crippen LogP contribution in [-0.2, 0) is 6.54 Å². The van der Waals surface area contributed by atoms with Crippen molar-refractivity contribution in [3.05, 3.63) is 35.4 Å². The van der Waals surface area contributed by atoms with Crippen molar-refractivity contribution in [3.63, 3.8) is 0 Å². The van der Waals surface area contributed by atoms with Crippen LogP contribution in [-0.4, -0.2) is 68.6 Å². The Kier molecular flexibility index (Phi) is 11.2. The molecule has 26 heavy (non-hydrogen) atoms. The van der Waals surface area contributed by atoms with Crippen LogP contribution in [0.2, 0.25) is 0 Å². The zero-order valence-electron chi connectivity index (χ0n) is 16.8. The summed E-state index contributed by atoms with van der Waals surface area (Å²) in [6.07, 6.45) is 0. The van der Waals surface area contributed by atoms with Gasteiger partial charge in [0.2, 0.25) is 0 Å². The lowest BCUT2D eigenvalue weighted by molar-refractivity contribution is 0.124. The molecule has 5 nitrogen and oxygen atoms in total. The molecule has 2 rings (SSSR count). The lowest BCUT2D eigenvalue weighted by Crippen LogP contribution is -2.48. The third kappa shape index (κ3) is 8.22. The van der Waals surface area contributed by atoms with Gasteiger partial charge in [0.25, 0.3) is 0 Å². The van der Waals surface area contributed by atoms with E-state index >= 15 is 0 Å². The number of guanidine groups is 1. The van der Waals surface area contributed by atoms with Crippen molar-refractivity contribution in [1.82, 2.24) is 20.4 Å². The van der Waals surface area contributed by atoms with Crippen molar-refractivity contribution in [2.45, 2.75) is 27.3 Å². The Morgan fingerprint density at radius 3 is 2.27 bits per heavy atom. The fourth-order valence-electron chi connectivity index (χ4n) is 3.18. The Balaban J connectivity index is 0.00000338. The molecule has 0 aliphatic carbocycles. The molecule has 148 valence electrons. The van der Waals surface area contributed by atoms with Crippen LogP contribution < -0.4 is 10.6 Å². The van der Waals surface area contributed by atoms with Crippen molar-refractivity contribution >= 4 is 29.9 Å². The molecule has 1 heterocycles. The van der Waals surface area contributed by atoms with Crippen LogP contribution in [0.3, 0.4) is 0 Å². The van der Waals surface area contributed by atoms with Crippen LogP contribution >= 0.6 is 24.0 Å². The lowest BCUT2D eigenvalue weighted by atomic mass is 10.1. The molecule has 0 aromatic heterocycles. The molecular formula is C20H36IN5. The van der Waals surface area contributed by atoms with Crippen molar-refractivity contribution < 1.29 is 0 Å². The number of likely N-dealkylation sites (N-methyl/N-ethyl adjacent to an activating group) is 1. The van der Waals surface area contributed by atoms with Crippen LogP contribution in [0.4, 0.5) is 0 Å². The fourth-order valence-corrected chi connectivity index (χ4v) is 3.18. The van der Waals surface area contributed by atoms with Crippen LogP contribution in [0, 0.1) is 12.8 Å². The summed E-state index contributed by atoms with van der Waals surface area (Å²) in [5.74, 6) is 1.48. The average Bonchev–Trinajstić information content (AvgIpc) is 2.64. The molecule has 1 atom stereocenters. The first-order valence-electron chi connectivity index (χ1n) is 9.55. The second-order valence-corrected chi connectivity index (χ2v) is 7.13. The van der Waals surface area contributed by atoms with E-state index in [1.54, 1.807) is 0 Å². The molecule has 1 aromatic carbocycles. The highest BCUT2D eigenvalue weighted by atomic mass is 127. The smallest absolute Gasteiger partial charge is 0.191 e. The second-order valence-electron chi connectivity index (χ2n) is 7.13. The van der Waals surface area contributed by atoms with E-state index in [0.29, 0.717) is 5.92 Å². The van der Waals surface area contributed by atoms with Gasteiger partial charge in [0.1, 0.15) is 0 Å². The number of aryl methyl sites for hydroxylation is 1. The molecule has 1 unspecified atom stereocenters. The maximum absolute atomic E-state index is 4.33. The Morgan fingerprint density at radius 1 is 1.08 bits per heavy atom. The SMILES string of the molecule is CCN1CCN(CC(C)CNC(=NC)NCc2ccc(C)cc2)CC1.I. The summed E-state index contributed by atoms with van der Waals surface area (Å²) in [6.45, 7) is 15.5. The summed E-state index contributed by atoms with van der Waals surface area (Å²) >= 11 is 0. The van der Waals surface area contributed by atoms with Gasteiger partial charge in [-0.3, -0.25) is 4.99 Å². The lowest BCUT2D eigenvalue weighted by Gasteiger charge is -2.35. The minimum atomic E-state index is 0. The molecule has 0 saturated carbocycles.